The molecule has 3 aliphatic rings. The van der Waals surface area contributed by atoms with E-state index < -0.39 is 58.3 Å². The van der Waals surface area contributed by atoms with Crippen LogP contribution in [0.3, 0.4) is 0 Å². The molecule has 1 aromatic carbocycles. The van der Waals surface area contributed by atoms with Gasteiger partial charge in [-0.25, -0.2) is 19.7 Å². The molecule has 1 amide bonds. The fourth-order valence-electron chi connectivity index (χ4n) is 7.95. The molecule has 0 radical (unpaired) electrons. The minimum atomic E-state index is -4.88. The number of carbonyl (C=O) groups excluding carboxylic acids is 1. The first kappa shape index (κ1) is 36.2. The Labute approximate surface area is 309 Å². The number of nitrogens with one attached hydrogen (secondary N) is 1. The van der Waals surface area contributed by atoms with Crippen molar-refractivity contribution in [2.24, 2.45) is 0 Å². The SMILES string of the molecule is [C-]#[N+]C[C@H]1CN(c2nc(OCC34CCCN3C[C@H](F)C4)nc3c(F)c(-c4cc5[nH]ncc5cc4C(F)(F)F)ncc23)CCN1C(=O)/C(F)=C/c1ccccn1. The predicted octanol–water partition coefficient (Wildman–Crippen LogP) is 6.02. The summed E-state index contributed by atoms with van der Waals surface area (Å²) in [5, 5.41) is 6.60. The number of carbonyl (C=O) groups is 1. The Hall–Kier alpha value is -5.83. The number of ether oxygens (including phenoxy) is 1. The summed E-state index contributed by atoms with van der Waals surface area (Å²) >= 11 is 0. The summed E-state index contributed by atoms with van der Waals surface area (Å²) < 4.78 is 95.8. The van der Waals surface area contributed by atoms with Crippen LogP contribution in [0.25, 0.3) is 44.0 Å². The highest BCUT2D eigenvalue weighted by Crippen LogP contribution is 2.43. The molecule has 0 saturated carbocycles. The normalized spacial score (nSPS) is 22.0. The van der Waals surface area contributed by atoms with Crippen molar-refractivity contribution in [2.45, 2.75) is 43.2 Å². The van der Waals surface area contributed by atoms with Crippen molar-refractivity contribution >= 4 is 39.6 Å². The first-order valence-electron chi connectivity index (χ1n) is 17.5. The number of hydrogen-bond donors (Lipinski definition) is 1. The monoisotopic (exact) mass is 762 g/mol. The number of amides is 1. The Morgan fingerprint density at radius 1 is 1.13 bits per heavy atom. The van der Waals surface area contributed by atoms with Crippen LogP contribution in [0, 0.1) is 12.4 Å². The van der Waals surface area contributed by atoms with Gasteiger partial charge in [0.15, 0.2) is 11.6 Å². The smallest absolute Gasteiger partial charge is 0.417 e. The Kier molecular flexibility index (Phi) is 9.27. The van der Waals surface area contributed by atoms with Crippen molar-refractivity contribution < 1.29 is 35.9 Å². The van der Waals surface area contributed by atoms with Crippen LogP contribution in [-0.4, -0.2) is 109 Å². The van der Waals surface area contributed by atoms with Gasteiger partial charge >= 0.3 is 12.2 Å². The second-order valence-electron chi connectivity index (χ2n) is 13.9. The Morgan fingerprint density at radius 2 is 1.98 bits per heavy atom. The van der Waals surface area contributed by atoms with Crippen LogP contribution in [0.1, 0.15) is 30.5 Å². The van der Waals surface area contributed by atoms with Gasteiger partial charge in [0, 0.05) is 62.0 Å². The molecule has 3 saturated heterocycles. The van der Waals surface area contributed by atoms with E-state index >= 15 is 8.78 Å². The molecule has 5 aromatic rings. The summed E-state index contributed by atoms with van der Waals surface area (Å²) in [6.07, 6.45) is 0.638. The predicted molar refractivity (Wildman–Crippen MR) is 188 cm³/mol. The highest BCUT2D eigenvalue weighted by atomic mass is 19.4. The number of piperazine rings is 1. The van der Waals surface area contributed by atoms with Gasteiger partial charge < -0.3 is 19.4 Å². The zero-order chi connectivity index (χ0) is 38.5. The largest absolute Gasteiger partial charge is 0.461 e. The third kappa shape index (κ3) is 6.77. The number of nitrogens with zero attached hydrogens (tertiary/aromatic N) is 9. The van der Waals surface area contributed by atoms with Crippen LogP contribution < -0.4 is 9.64 Å². The van der Waals surface area contributed by atoms with Gasteiger partial charge in [0.25, 0.3) is 5.91 Å². The number of benzene rings is 1. The number of anilines is 1. The molecule has 1 unspecified atom stereocenters. The van der Waals surface area contributed by atoms with Gasteiger partial charge in [-0.05, 0) is 43.7 Å². The molecule has 7 heterocycles. The summed E-state index contributed by atoms with van der Waals surface area (Å²) in [5.74, 6) is -3.10. The van der Waals surface area contributed by atoms with Crippen molar-refractivity contribution in [1.82, 2.24) is 39.9 Å². The van der Waals surface area contributed by atoms with E-state index in [1.165, 1.54) is 29.6 Å². The average Bonchev–Trinajstić information content (AvgIpc) is 3.87. The molecule has 0 bridgehead atoms. The van der Waals surface area contributed by atoms with E-state index in [4.69, 9.17) is 11.3 Å². The van der Waals surface area contributed by atoms with Gasteiger partial charge in [0.05, 0.1) is 33.9 Å². The zero-order valence-electron chi connectivity index (χ0n) is 29.0. The van der Waals surface area contributed by atoms with Crippen LogP contribution >= 0.6 is 0 Å². The molecule has 12 nitrogen and oxygen atoms in total. The molecular weight excluding hydrogens is 730 g/mol. The summed E-state index contributed by atoms with van der Waals surface area (Å²) in [6, 6.07) is 5.67. The van der Waals surface area contributed by atoms with E-state index in [1.54, 1.807) is 17.0 Å². The Balaban J connectivity index is 1.19. The lowest BCUT2D eigenvalue weighted by atomic mass is 9.95. The Morgan fingerprint density at radius 3 is 2.76 bits per heavy atom. The molecule has 55 heavy (non-hydrogen) atoms. The van der Waals surface area contributed by atoms with Crippen molar-refractivity contribution in [3.63, 3.8) is 0 Å². The number of aromatic amines is 1. The third-order valence-corrected chi connectivity index (χ3v) is 10.5. The lowest BCUT2D eigenvalue weighted by Gasteiger charge is -2.39. The molecule has 4 aromatic heterocycles. The molecule has 3 atom stereocenters. The molecule has 3 fully saturated rings. The number of aromatic nitrogens is 6. The highest BCUT2D eigenvalue weighted by molar-refractivity contribution is 5.96. The maximum atomic E-state index is 16.8. The number of halogens is 6. The van der Waals surface area contributed by atoms with Crippen molar-refractivity contribution in [3.8, 4) is 17.3 Å². The summed E-state index contributed by atoms with van der Waals surface area (Å²) in [5.41, 5.74) is -2.86. The second kappa shape index (κ2) is 14.1. The first-order valence-corrected chi connectivity index (χ1v) is 17.5. The number of pyridine rings is 2. The molecule has 0 aliphatic carbocycles. The van der Waals surface area contributed by atoms with Crippen LogP contribution in [0.4, 0.5) is 32.2 Å². The van der Waals surface area contributed by atoms with Gasteiger partial charge in [-0.1, -0.05) is 6.07 Å². The van der Waals surface area contributed by atoms with E-state index in [9.17, 15) is 22.4 Å². The summed E-state index contributed by atoms with van der Waals surface area (Å²) in [4.78, 5) is 38.8. The van der Waals surface area contributed by atoms with Gasteiger partial charge in [0.2, 0.25) is 6.54 Å². The van der Waals surface area contributed by atoms with E-state index in [-0.39, 0.29) is 85.1 Å². The molecular formula is C37H32F6N10O2. The van der Waals surface area contributed by atoms with Gasteiger partial charge in [-0.3, -0.25) is 24.8 Å². The Bertz CT molecular complexity index is 2350. The summed E-state index contributed by atoms with van der Waals surface area (Å²) in [7, 11) is 0. The van der Waals surface area contributed by atoms with E-state index in [0.717, 1.165) is 24.6 Å². The molecule has 1 N–H and O–H groups in total. The molecule has 0 spiro atoms. The van der Waals surface area contributed by atoms with Crippen LogP contribution in [0.2, 0.25) is 0 Å². The van der Waals surface area contributed by atoms with Gasteiger partial charge in [-0.2, -0.15) is 28.2 Å². The van der Waals surface area contributed by atoms with Crippen LogP contribution in [0.15, 0.2) is 54.7 Å². The molecule has 8 rings (SSSR count). The van der Waals surface area contributed by atoms with Crippen LogP contribution in [-0.2, 0) is 11.0 Å². The van der Waals surface area contributed by atoms with E-state index in [0.29, 0.717) is 13.0 Å². The quantitative estimate of drug-likeness (QED) is 0.115. The number of fused-ring (bicyclic) bond motifs is 3. The standard InChI is InChI=1S/C37H32F6N10O2/c1-44-16-24-19-51(9-10-53(24)34(54)28(39)12-23-5-2-3-7-45-23)33-26-17-46-31(25-13-29-21(15-47-50-29)11-27(25)37(41,42)43)30(40)32(26)48-35(49-33)55-20-36-6-4-8-52(36)18-22(38)14-36/h2-3,5,7,11-13,15,17,22,24H,4,6,8-10,14,16,18-20H2,(H,47,50)/b28-12-/t22-,24+,36?/m1/s1. The summed E-state index contributed by atoms with van der Waals surface area (Å²) in [6.45, 7) is 8.21. The lowest BCUT2D eigenvalue weighted by Crippen LogP contribution is -2.56. The molecule has 284 valence electrons. The number of hydrogen-bond acceptors (Lipinski definition) is 9. The van der Waals surface area contributed by atoms with Crippen LogP contribution in [0.5, 0.6) is 6.01 Å². The van der Waals surface area contributed by atoms with Gasteiger partial charge in [-0.15, -0.1) is 0 Å². The number of rotatable bonds is 8. The zero-order valence-corrected chi connectivity index (χ0v) is 29.0. The first-order chi connectivity index (χ1) is 26.4. The van der Waals surface area contributed by atoms with E-state index in [2.05, 4.69) is 35.0 Å². The fourth-order valence-corrected chi connectivity index (χ4v) is 7.95. The highest BCUT2D eigenvalue weighted by Gasteiger charge is 2.49. The maximum absolute atomic E-state index is 16.8. The van der Waals surface area contributed by atoms with E-state index in [1.807, 2.05) is 4.90 Å². The van der Waals surface area contributed by atoms with Crippen molar-refractivity contribution in [1.29, 1.82) is 0 Å². The number of alkyl halides is 4. The second-order valence-corrected chi connectivity index (χ2v) is 13.9. The maximum Gasteiger partial charge on any atom is 0.417 e. The topological polar surface area (TPSA) is 121 Å². The molecule has 3 aliphatic heterocycles. The van der Waals surface area contributed by atoms with Crippen molar-refractivity contribution in [3.05, 3.63) is 83.2 Å². The van der Waals surface area contributed by atoms with Gasteiger partial charge in [0.1, 0.15) is 35.8 Å². The minimum Gasteiger partial charge on any atom is -0.461 e. The minimum absolute atomic E-state index is 0.0167. The fraction of sp³-hybridized carbons (Fsp3) is 0.378. The lowest BCUT2D eigenvalue weighted by molar-refractivity contribution is -0.137. The molecule has 18 heteroatoms. The average molecular weight is 763 g/mol. The number of H-pyrrole nitrogens is 1. The van der Waals surface area contributed by atoms with Crippen molar-refractivity contribution in [2.75, 3.05) is 50.8 Å². The third-order valence-electron chi connectivity index (χ3n) is 10.5.